The number of nitrogens with zero attached hydrogens (tertiary/aromatic N) is 2. The Morgan fingerprint density at radius 2 is 0.426 bits per heavy atom. The van der Waals surface area contributed by atoms with Gasteiger partial charge in [-0.2, -0.15) is 0 Å². The maximum absolute atomic E-state index is 3.89. The van der Waals surface area contributed by atoms with Crippen molar-refractivity contribution in [1.82, 2.24) is 0 Å². The zero-order chi connectivity index (χ0) is 98.9. The fourth-order valence-corrected chi connectivity index (χ4v) is 25.8. The van der Waals surface area contributed by atoms with Crippen molar-refractivity contribution >= 4 is 120 Å². The molecule has 6 saturated carbocycles. The first-order valence-corrected chi connectivity index (χ1v) is 56.8. The van der Waals surface area contributed by atoms with E-state index in [0.29, 0.717) is 23.7 Å². The van der Waals surface area contributed by atoms with E-state index in [-0.39, 0.29) is 32.5 Å². The van der Waals surface area contributed by atoms with Crippen LogP contribution in [0.5, 0.6) is 0 Å². The molecule has 141 heavy (non-hydrogen) atoms. The van der Waals surface area contributed by atoms with Gasteiger partial charge in [-0.05, 0) is 372 Å². The van der Waals surface area contributed by atoms with Crippen LogP contribution in [0.2, 0.25) is 0 Å². The van der Waals surface area contributed by atoms with Gasteiger partial charge in [0.25, 0.3) is 0 Å². The molecule has 0 heterocycles. The Morgan fingerprint density at radius 3 is 0.730 bits per heavy atom. The summed E-state index contributed by atoms with van der Waals surface area (Å²) in [6, 6.07) is 100. The van der Waals surface area contributed by atoms with Gasteiger partial charge >= 0.3 is 0 Å². The van der Waals surface area contributed by atoms with Crippen LogP contribution in [0.25, 0.3) is 65.3 Å². The van der Waals surface area contributed by atoms with Crippen LogP contribution in [0.3, 0.4) is 0 Å². The first-order valence-electron chi connectivity index (χ1n) is 55.2. The van der Waals surface area contributed by atoms with E-state index in [9.17, 15) is 0 Å². The molecule has 3 nitrogen and oxygen atoms in total. The number of rotatable bonds is 16. The van der Waals surface area contributed by atoms with E-state index in [4.69, 9.17) is 0 Å². The second kappa shape index (κ2) is 43.0. The van der Waals surface area contributed by atoms with Gasteiger partial charge in [0.15, 0.2) is 0 Å². The molecule has 6 aliphatic rings. The molecule has 0 aliphatic heterocycles. The van der Waals surface area contributed by atoms with Crippen LogP contribution in [-0.2, 0) is 32.5 Å². The lowest BCUT2D eigenvalue weighted by Gasteiger charge is -2.37. The Balaban J connectivity index is 0.000000192. The zero-order valence-electron chi connectivity index (χ0n) is 89.1. The topological polar surface area (TPSA) is 18.5 Å². The minimum absolute atomic E-state index is 0.0753. The summed E-state index contributed by atoms with van der Waals surface area (Å²) in [5, 5.41) is 13.9. The molecular weight excluding hydrogens is 1840 g/mol. The highest BCUT2D eigenvalue weighted by molar-refractivity contribution is 9.11. The van der Waals surface area contributed by atoms with E-state index in [1.54, 1.807) is 33.4 Å². The number of fused-ring (bicyclic) bond motifs is 4. The van der Waals surface area contributed by atoms with Crippen molar-refractivity contribution in [2.45, 2.75) is 385 Å². The Morgan fingerprint density at radius 1 is 0.199 bits per heavy atom. The number of hydrogen-bond donors (Lipinski definition) is 1. The van der Waals surface area contributed by atoms with Gasteiger partial charge in [0.05, 0.1) is 11.4 Å². The average Bonchev–Trinajstić information content (AvgIpc) is 0.709. The molecule has 5 heteroatoms. The zero-order valence-corrected chi connectivity index (χ0v) is 92.2. The maximum atomic E-state index is 3.89. The predicted octanol–water partition coefficient (Wildman–Crippen LogP) is 43.3. The smallest absolute Gasteiger partial charge is 0.0620 e. The first-order chi connectivity index (χ1) is 67.5. The Bertz CT molecular complexity index is 6500. The SMILES string of the molecule is Brc1c2ccccc2c(Br)c2cc(-c3ccccc3)ccc12.CC(C)(C)c1cc(N(c2cc(C3CCCCC3)cc(C3CCCCC3)c2)c2c3ccccc3c(N(c3cc(C4CCCCC4)cc(C4CCCCC4)c3)c3cc(C(C)(C)C)cc(C(C)(C)C)c3)c3cc(-c4ccccc4)ccc23)cc(C(C)(C)C)c1.CC(C)(C)c1cc(Nc2cc(C3CCCCC3)cc(C3CCCCC3)c2)cc(C(C)(C)C)c1. The highest BCUT2D eigenvalue weighted by Gasteiger charge is 2.36. The lowest BCUT2D eigenvalue weighted by molar-refractivity contribution is 0.435. The molecule has 0 spiro atoms. The van der Waals surface area contributed by atoms with Crippen molar-refractivity contribution in [2.75, 3.05) is 15.1 Å². The maximum Gasteiger partial charge on any atom is 0.0620 e. The largest absolute Gasteiger partial charge is 0.355 e. The molecule has 1 N–H and O–H groups in total. The minimum atomic E-state index is -0.0794. The molecule has 6 fully saturated rings. The molecule has 14 aromatic carbocycles. The van der Waals surface area contributed by atoms with Crippen LogP contribution < -0.4 is 15.1 Å². The molecule has 0 amide bonds. The van der Waals surface area contributed by atoms with Gasteiger partial charge in [0.1, 0.15) is 0 Å². The summed E-state index contributed by atoms with van der Waals surface area (Å²) in [4.78, 5) is 5.60. The number of halogens is 2. The van der Waals surface area contributed by atoms with Crippen LogP contribution in [-0.4, -0.2) is 0 Å². The molecule has 0 saturated heterocycles. The van der Waals surface area contributed by atoms with E-state index in [0.717, 1.165) is 20.8 Å². The molecule has 14 aromatic rings. The van der Waals surface area contributed by atoms with Crippen molar-refractivity contribution < 1.29 is 0 Å². The van der Waals surface area contributed by atoms with Crippen LogP contribution >= 0.6 is 31.9 Å². The van der Waals surface area contributed by atoms with E-state index in [1.165, 1.54) is 337 Å². The molecule has 0 bridgehead atoms. The summed E-state index contributed by atoms with van der Waals surface area (Å²) in [5.74, 6) is 3.77. The number of hydrogen-bond acceptors (Lipinski definition) is 3. The Kier molecular flexibility index (Phi) is 31.0. The molecule has 736 valence electrons. The summed E-state index contributed by atoms with van der Waals surface area (Å²) in [7, 11) is 0. The van der Waals surface area contributed by atoms with Gasteiger partial charge < -0.3 is 15.1 Å². The Labute approximate surface area is 866 Å². The van der Waals surface area contributed by atoms with Gasteiger partial charge in [0, 0.05) is 64.6 Å². The average molecular weight is 2000 g/mol. The van der Waals surface area contributed by atoms with Crippen molar-refractivity contribution in [3.05, 3.63) is 330 Å². The highest BCUT2D eigenvalue weighted by Crippen LogP contribution is 2.57. The molecule has 0 aromatic heterocycles. The quantitative estimate of drug-likeness (QED) is 0.0768. The van der Waals surface area contributed by atoms with E-state index in [2.05, 4.69) is 420 Å². The van der Waals surface area contributed by atoms with Gasteiger partial charge in [-0.15, -0.1) is 0 Å². The fourth-order valence-electron chi connectivity index (χ4n) is 24.4. The summed E-state index contributed by atoms with van der Waals surface area (Å²) in [5.41, 5.74) is 32.9. The minimum Gasteiger partial charge on any atom is -0.355 e. The summed E-state index contributed by atoms with van der Waals surface area (Å²) >= 11 is 7.58. The third kappa shape index (κ3) is 23.5. The second-order valence-corrected chi connectivity index (χ2v) is 51.5. The van der Waals surface area contributed by atoms with Gasteiger partial charge in [0.2, 0.25) is 0 Å². The summed E-state index contributed by atoms with van der Waals surface area (Å²) < 4.78 is 2.31. The molecule has 0 unspecified atom stereocenters. The molecular formula is C136H163Br2N3. The second-order valence-electron chi connectivity index (χ2n) is 49.9. The standard InChI is InChI=1S/C84H104N2.C32H47N.C20H12Br2/c1-81(2,3)67-51-68(82(4,5)6)54-73(53-67)85(71-46-63(58-32-20-14-21-33-58)44-64(47-71)59-34-22-15-23-35-59)79-75-40-28-29-41-76(75)80(78-50-62(42-43-77(78)79)57-30-18-13-19-31-57)86(74-55-69(83(7,8)9)52-70(56-74)84(10,11)12)72-48-65(60-36-24-16-25-37-60)45-66(49-72)61-38-26-17-27-39-61;1-31(2,3)27-20-28(32(4,5)6)22-30(21-27)33-29-18-25(23-13-9-7-10-14-23)17-26(19-29)24-15-11-8-12-16-24;21-19-15-8-4-5-9-16(15)20(22)18-12-14(10-11-17(18)19)13-6-2-1-3-7-13/h13,18-19,28-31,40-56,58-61H,14-17,20-27,32-39H2,1-12H3;17-24,33H,7-16H2,1-6H3;1-12H. The molecule has 6 aliphatic carbocycles. The van der Waals surface area contributed by atoms with Gasteiger partial charge in [-0.1, -0.05) is 410 Å². The van der Waals surface area contributed by atoms with Crippen LogP contribution in [0.1, 0.15) is 420 Å². The van der Waals surface area contributed by atoms with Crippen LogP contribution in [0.15, 0.2) is 264 Å². The lowest BCUT2D eigenvalue weighted by Crippen LogP contribution is -2.21. The lowest BCUT2D eigenvalue weighted by atomic mass is 9.79. The molecule has 0 atom stereocenters. The summed E-state index contributed by atoms with van der Waals surface area (Å²) in [6.45, 7) is 42.9. The monoisotopic (exact) mass is 2000 g/mol. The Hall–Kier alpha value is -9.52. The predicted molar refractivity (Wildman–Crippen MR) is 622 cm³/mol. The highest BCUT2D eigenvalue weighted by atomic mass is 79.9. The van der Waals surface area contributed by atoms with Gasteiger partial charge in [-0.25, -0.2) is 0 Å². The van der Waals surface area contributed by atoms with Crippen molar-refractivity contribution in [2.24, 2.45) is 0 Å². The third-order valence-electron chi connectivity index (χ3n) is 33.2. The van der Waals surface area contributed by atoms with Crippen LogP contribution in [0, 0.1) is 0 Å². The molecule has 0 radical (unpaired) electrons. The van der Waals surface area contributed by atoms with Crippen molar-refractivity contribution in [1.29, 1.82) is 0 Å². The van der Waals surface area contributed by atoms with E-state index >= 15 is 0 Å². The van der Waals surface area contributed by atoms with Crippen molar-refractivity contribution in [3.8, 4) is 22.3 Å². The van der Waals surface area contributed by atoms with E-state index in [1.807, 2.05) is 6.07 Å². The first kappa shape index (κ1) is 102. The summed E-state index contributed by atoms with van der Waals surface area (Å²) in [6.07, 6.45) is 40.0. The normalized spacial score (nSPS) is 16.9. The van der Waals surface area contributed by atoms with E-state index < -0.39 is 0 Å². The number of benzene rings is 14. The molecule has 20 rings (SSSR count). The number of nitrogens with one attached hydrogen (secondary N) is 1. The third-order valence-corrected chi connectivity index (χ3v) is 34.9. The van der Waals surface area contributed by atoms with Crippen molar-refractivity contribution in [3.63, 3.8) is 0 Å². The van der Waals surface area contributed by atoms with Gasteiger partial charge in [-0.3, -0.25) is 0 Å². The van der Waals surface area contributed by atoms with Crippen LogP contribution in [0.4, 0.5) is 45.5 Å². The fraction of sp³-hybridized carbons (Fsp3) is 0.441. The number of anilines is 8.